The molecule has 0 saturated carbocycles. The van der Waals surface area contributed by atoms with E-state index >= 15 is 0 Å². The Morgan fingerprint density at radius 3 is 3.00 bits per heavy atom. The van der Waals surface area contributed by atoms with Crippen LogP contribution < -0.4 is 5.56 Å². The summed E-state index contributed by atoms with van der Waals surface area (Å²) in [5.74, 6) is -0.0285. The van der Waals surface area contributed by atoms with E-state index in [2.05, 4.69) is 11.9 Å². The van der Waals surface area contributed by atoms with Gasteiger partial charge in [-0.1, -0.05) is 13.3 Å². The van der Waals surface area contributed by atoms with Crippen LogP contribution in [0.3, 0.4) is 0 Å². The number of fused-ring (bicyclic) bond motifs is 1. The molecule has 1 atom stereocenters. The van der Waals surface area contributed by atoms with Gasteiger partial charge in [0.2, 0.25) is 0 Å². The minimum absolute atomic E-state index is 0.0145. The van der Waals surface area contributed by atoms with E-state index in [9.17, 15) is 9.59 Å². The highest BCUT2D eigenvalue weighted by atomic mass is 16.5. The normalized spacial score (nSPS) is 15.7. The largest absolute Gasteiger partial charge is 0.369 e. The molecule has 0 aliphatic carbocycles. The van der Waals surface area contributed by atoms with Gasteiger partial charge in [-0.3, -0.25) is 9.59 Å². The Morgan fingerprint density at radius 1 is 1.52 bits per heavy atom. The van der Waals surface area contributed by atoms with Gasteiger partial charge in [0, 0.05) is 25.8 Å². The molecule has 1 amide bonds. The smallest absolute Gasteiger partial charge is 0.256 e. The van der Waals surface area contributed by atoms with Gasteiger partial charge >= 0.3 is 0 Å². The third kappa shape index (κ3) is 3.50. The first-order chi connectivity index (χ1) is 10.0. The zero-order chi connectivity index (χ0) is 15.4. The maximum absolute atomic E-state index is 12.3. The summed E-state index contributed by atoms with van der Waals surface area (Å²) >= 11 is 0. The fraction of sp³-hybridized carbons (Fsp3) is 0.667. The van der Waals surface area contributed by atoms with E-state index in [1.165, 1.54) is 10.9 Å². The number of aryl methyl sites for hydroxylation is 1. The number of hydrogen-bond donors (Lipinski definition) is 0. The lowest BCUT2D eigenvalue weighted by Gasteiger charge is -2.30. The van der Waals surface area contributed by atoms with Crippen LogP contribution in [0.25, 0.3) is 0 Å². The molecule has 0 spiro atoms. The molecule has 0 unspecified atom stereocenters. The van der Waals surface area contributed by atoms with E-state index in [-0.39, 0.29) is 11.5 Å². The first kappa shape index (κ1) is 15.7. The van der Waals surface area contributed by atoms with Gasteiger partial charge in [0.1, 0.15) is 6.10 Å². The van der Waals surface area contributed by atoms with Crippen molar-refractivity contribution in [3.05, 3.63) is 27.9 Å². The van der Waals surface area contributed by atoms with Crippen LogP contribution in [0.15, 0.2) is 11.1 Å². The number of carbonyl (C=O) groups is 1. The second-order valence-electron chi connectivity index (χ2n) is 5.46. The van der Waals surface area contributed by atoms with Crippen molar-refractivity contribution in [2.75, 3.05) is 13.2 Å². The lowest BCUT2D eigenvalue weighted by molar-refractivity contribution is -0.143. The molecule has 116 valence electrons. The van der Waals surface area contributed by atoms with Crippen LogP contribution in [-0.4, -0.2) is 39.6 Å². The van der Waals surface area contributed by atoms with Crippen molar-refractivity contribution in [2.24, 2.45) is 7.05 Å². The highest BCUT2D eigenvalue weighted by Crippen LogP contribution is 2.15. The Hall–Kier alpha value is -1.69. The molecule has 0 aromatic carbocycles. The second kappa shape index (κ2) is 6.85. The molecule has 1 aromatic rings. The fourth-order valence-corrected chi connectivity index (χ4v) is 2.44. The fourth-order valence-electron chi connectivity index (χ4n) is 2.44. The first-order valence-corrected chi connectivity index (χ1v) is 7.48. The van der Waals surface area contributed by atoms with Gasteiger partial charge in [-0.2, -0.15) is 0 Å². The van der Waals surface area contributed by atoms with Crippen LogP contribution >= 0.6 is 0 Å². The highest BCUT2D eigenvalue weighted by Gasteiger charge is 2.27. The highest BCUT2D eigenvalue weighted by molar-refractivity contribution is 5.80. The number of hydrogen-bond acceptors (Lipinski definition) is 4. The molecule has 2 rings (SSSR count). The Bertz CT molecular complexity index is 568. The average molecular weight is 293 g/mol. The van der Waals surface area contributed by atoms with Crippen molar-refractivity contribution in [1.29, 1.82) is 0 Å². The van der Waals surface area contributed by atoms with Crippen LogP contribution in [0.4, 0.5) is 0 Å². The summed E-state index contributed by atoms with van der Waals surface area (Å²) in [6.07, 6.45) is 3.63. The van der Waals surface area contributed by atoms with Crippen molar-refractivity contribution in [1.82, 2.24) is 14.5 Å². The Balaban J connectivity index is 2.02. The van der Waals surface area contributed by atoms with E-state index < -0.39 is 6.10 Å². The maximum atomic E-state index is 12.3. The number of rotatable bonds is 5. The third-order valence-electron chi connectivity index (χ3n) is 3.81. The number of aromatic nitrogens is 2. The van der Waals surface area contributed by atoms with E-state index in [0.717, 1.165) is 18.4 Å². The van der Waals surface area contributed by atoms with Gasteiger partial charge in [-0.15, -0.1) is 0 Å². The van der Waals surface area contributed by atoms with Crippen LogP contribution in [0.2, 0.25) is 0 Å². The van der Waals surface area contributed by atoms with Crippen molar-refractivity contribution >= 4 is 5.91 Å². The topological polar surface area (TPSA) is 64.4 Å². The SMILES string of the molecule is CCCCO[C@@H](C)C(=O)N1CCc2c(ncn(C)c2=O)C1. The molecular formula is C15H23N3O3. The van der Waals surface area contributed by atoms with Crippen LogP contribution in [0.1, 0.15) is 37.9 Å². The second-order valence-corrected chi connectivity index (χ2v) is 5.46. The van der Waals surface area contributed by atoms with Crippen LogP contribution in [0.5, 0.6) is 0 Å². The molecule has 0 N–H and O–H groups in total. The Kier molecular flexibility index (Phi) is 5.12. The monoisotopic (exact) mass is 293 g/mol. The summed E-state index contributed by atoms with van der Waals surface area (Å²) in [6.45, 7) is 5.42. The molecule has 0 fully saturated rings. The van der Waals surface area contributed by atoms with E-state index in [1.54, 1.807) is 18.9 Å². The lowest BCUT2D eigenvalue weighted by atomic mass is 10.1. The van der Waals surface area contributed by atoms with Gasteiger partial charge < -0.3 is 14.2 Å². The molecule has 1 aromatic heterocycles. The summed E-state index contributed by atoms with van der Waals surface area (Å²) in [4.78, 5) is 30.3. The van der Waals surface area contributed by atoms with Gasteiger partial charge in [0.25, 0.3) is 11.5 Å². The van der Waals surface area contributed by atoms with E-state index in [0.29, 0.717) is 31.8 Å². The number of unbranched alkanes of at least 4 members (excludes halogenated alkanes) is 1. The number of nitrogens with zero attached hydrogens (tertiary/aromatic N) is 3. The molecule has 0 saturated heterocycles. The Morgan fingerprint density at radius 2 is 2.29 bits per heavy atom. The van der Waals surface area contributed by atoms with Gasteiger partial charge in [0.15, 0.2) is 0 Å². The summed E-state index contributed by atoms with van der Waals surface area (Å²) < 4.78 is 7.03. The maximum Gasteiger partial charge on any atom is 0.256 e. The van der Waals surface area contributed by atoms with Gasteiger partial charge in [-0.25, -0.2) is 4.98 Å². The van der Waals surface area contributed by atoms with Crippen molar-refractivity contribution < 1.29 is 9.53 Å². The van der Waals surface area contributed by atoms with Gasteiger partial charge in [-0.05, 0) is 19.8 Å². The predicted octanol–water partition coefficient (Wildman–Crippen LogP) is 0.870. The third-order valence-corrected chi connectivity index (χ3v) is 3.81. The minimum Gasteiger partial charge on any atom is -0.369 e. The first-order valence-electron chi connectivity index (χ1n) is 7.48. The molecule has 6 nitrogen and oxygen atoms in total. The molecule has 0 radical (unpaired) electrons. The van der Waals surface area contributed by atoms with E-state index in [1.807, 2.05) is 0 Å². The van der Waals surface area contributed by atoms with Gasteiger partial charge in [0.05, 0.1) is 18.6 Å². The summed E-state index contributed by atoms with van der Waals surface area (Å²) in [5.41, 5.74) is 1.42. The average Bonchev–Trinajstić information content (AvgIpc) is 2.50. The van der Waals surface area contributed by atoms with Crippen molar-refractivity contribution in [3.8, 4) is 0 Å². The molecule has 1 aliphatic heterocycles. The predicted molar refractivity (Wildman–Crippen MR) is 78.9 cm³/mol. The quantitative estimate of drug-likeness (QED) is 0.756. The Labute approximate surface area is 124 Å². The zero-order valence-electron chi connectivity index (χ0n) is 13.0. The van der Waals surface area contributed by atoms with Crippen LogP contribution in [0, 0.1) is 0 Å². The van der Waals surface area contributed by atoms with Crippen LogP contribution in [-0.2, 0) is 29.5 Å². The molecular weight excluding hydrogens is 270 g/mol. The number of amides is 1. The summed E-state index contributed by atoms with van der Waals surface area (Å²) in [6, 6.07) is 0. The molecule has 1 aliphatic rings. The zero-order valence-corrected chi connectivity index (χ0v) is 13.0. The molecule has 6 heteroatoms. The standard InChI is InChI=1S/C15H23N3O3/c1-4-5-8-21-11(2)14(19)18-7-6-12-13(9-18)16-10-17(3)15(12)20/h10-11H,4-9H2,1-3H3/t11-/m0/s1. The van der Waals surface area contributed by atoms with Crippen molar-refractivity contribution in [2.45, 2.75) is 45.8 Å². The summed E-state index contributed by atoms with van der Waals surface area (Å²) in [5, 5.41) is 0. The molecule has 0 bridgehead atoms. The molecule has 2 heterocycles. The number of carbonyl (C=O) groups excluding carboxylic acids is 1. The summed E-state index contributed by atoms with van der Waals surface area (Å²) in [7, 11) is 1.69. The molecule has 21 heavy (non-hydrogen) atoms. The van der Waals surface area contributed by atoms with Crippen molar-refractivity contribution in [3.63, 3.8) is 0 Å². The minimum atomic E-state index is -0.440. The number of ether oxygens (including phenoxy) is 1. The van der Waals surface area contributed by atoms with E-state index in [4.69, 9.17) is 4.74 Å². The lowest BCUT2D eigenvalue weighted by Crippen LogP contribution is -2.44.